The second kappa shape index (κ2) is 7.37. The quantitative estimate of drug-likeness (QED) is 0.638. The molecular weight excluding hydrogens is 232 g/mol. The van der Waals surface area contributed by atoms with Gasteiger partial charge in [-0.25, -0.2) is 0 Å². The van der Waals surface area contributed by atoms with Crippen LogP contribution in [0.4, 0.5) is 0 Å². The molecule has 1 fully saturated rings. The number of piperazine rings is 1. The summed E-state index contributed by atoms with van der Waals surface area (Å²) in [5.74, 6) is 0. The summed E-state index contributed by atoms with van der Waals surface area (Å²) < 4.78 is 0. The number of hydrogen-bond donors (Lipinski definition) is 0. The second-order valence-corrected chi connectivity index (χ2v) is 5.11. The highest BCUT2D eigenvalue weighted by Gasteiger charge is 2.25. The van der Waals surface area contributed by atoms with Crippen LogP contribution in [0.15, 0.2) is 0 Å². The molecule has 1 rings (SSSR count). The van der Waals surface area contributed by atoms with Crippen molar-refractivity contribution in [1.29, 1.82) is 0 Å². The van der Waals surface area contributed by atoms with Crippen molar-refractivity contribution < 1.29 is 9.68 Å². The van der Waals surface area contributed by atoms with Gasteiger partial charge in [-0.3, -0.25) is 19.5 Å². The molecule has 0 N–H and O–H groups in total. The van der Waals surface area contributed by atoms with Crippen LogP contribution in [0.1, 0.15) is 13.8 Å². The van der Waals surface area contributed by atoms with Gasteiger partial charge in [0, 0.05) is 54.4 Å². The van der Waals surface area contributed by atoms with Crippen LogP contribution in [0, 0.1) is 0 Å². The minimum atomic E-state index is 0.132. The monoisotopic (exact) mass is 260 g/mol. The molecule has 6 nitrogen and oxygen atoms in total. The van der Waals surface area contributed by atoms with Gasteiger partial charge in [0.05, 0.1) is 0 Å². The number of hydroxylamine groups is 4. The van der Waals surface area contributed by atoms with Gasteiger partial charge in [0.2, 0.25) is 0 Å². The first-order chi connectivity index (χ1) is 8.40. The highest BCUT2D eigenvalue weighted by atomic mass is 16.7. The Balaban J connectivity index is 2.31. The zero-order chi connectivity index (χ0) is 13.7. The van der Waals surface area contributed by atoms with Crippen molar-refractivity contribution in [2.24, 2.45) is 0 Å². The average molecular weight is 260 g/mol. The fraction of sp³-hybridized carbons (Fsp3) is 1.00. The van der Waals surface area contributed by atoms with Gasteiger partial charge in [-0.1, -0.05) is 0 Å². The maximum atomic E-state index is 5.65. The van der Waals surface area contributed by atoms with E-state index in [1.807, 2.05) is 28.2 Å². The predicted molar refractivity (Wildman–Crippen MR) is 71.6 cm³/mol. The highest BCUT2D eigenvalue weighted by Crippen LogP contribution is 2.11. The van der Waals surface area contributed by atoms with Gasteiger partial charge in [0.25, 0.3) is 0 Å². The summed E-state index contributed by atoms with van der Waals surface area (Å²) in [5.41, 5.74) is 0. The van der Waals surface area contributed by atoms with Crippen molar-refractivity contribution in [3.63, 3.8) is 0 Å². The summed E-state index contributed by atoms with van der Waals surface area (Å²) >= 11 is 0. The molecule has 1 aliphatic heterocycles. The first-order valence-electron chi connectivity index (χ1n) is 6.56. The predicted octanol–water partition coefficient (Wildman–Crippen LogP) is 0.282. The molecule has 0 aromatic rings. The van der Waals surface area contributed by atoms with Gasteiger partial charge < -0.3 is 0 Å². The molecule has 0 amide bonds. The van der Waals surface area contributed by atoms with E-state index in [0.717, 1.165) is 26.2 Å². The fourth-order valence-corrected chi connectivity index (χ4v) is 2.21. The van der Waals surface area contributed by atoms with Crippen molar-refractivity contribution in [1.82, 2.24) is 19.9 Å². The first-order valence-corrected chi connectivity index (χ1v) is 6.56. The Kier molecular flexibility index (Phi) is 6.48. The molecule has 2 unspecified atom stereocenters. The lowest BCUT2D eigenvalue weighted by atomic mass is 10.3. The van der Waals surface area contributed by atoms with E-state index >= 15 is 0 Å². The fourth-order valence-electron chi connectivity index (χ4n) is 2.21. The minimum absolute atomic E-state index is 0.132. The number of nitrogens with zero attached hydrogens (tertiary/aromatic N) is 4. The lowest BCUT2D eigenvalue weighted by Crippen LogP contribution is -2.54. The van der Waals surface area contributed by atoms with Crippen LogP contribution in [-0.4, -0.2) is 86.8 Å². The maximum Gasteiger partial charge on any atom is 0.129 e. The van der Waals surface area contributed by atoms with E-state index in [1.54, 1.807) is 10.1 Å². The van der Waals surface area contributed by atoms with Crippen LogP contribution in [0.5, 0.6) is 0 Å². The Bertz CT molecular complexity index is 206. The maximum absolute atomic E-state index is 5.65. The number of rotatable bonds is 6. The van der Waals surface area contributed by atoms with E-state index in [0.29, 0.717) is 0 Å². The summed E-state index contributed by atoms with van der Waals surface area (Å²) in [7, 11) is 7.67. The van der Waals surface area contributed by atoms with Crippen LogP contribution in [0.2, 0.25) is 0 Å². The summed E-state index contributed by atoms with van der Waals surface area (Å²) in [6.45, 7) is 8.23. The summed E-state index contributed by atoms with van der Waals surface area (Å²) in [6, 6.07) is 0. The Morgan fingerprint density at radius 3 is 1.22 bits per heavy atom. The molecule has 0 aromatic heterocycles. The van der Waals surface area contributed by atoms with Gasteiger partial charge in [-0.2, -0.15) is 10.1 Å². The molecule has 1 heterocycles. The number of hydrogen-bond acceptors (Lipinski definition) is 6. The Morgan fingerprint density at radius 1 is 0.722 bits per heavy atom. The van der Waals surface area contributed by atoms with Crippen LogP contribution < -0.4 is 0 Å². The van der Waals surface area contributed by atoms with Crippen LogP contribution in [0.25, 0.3) is 0 Å². The normalized spacial score (nSPS) is 22.7. The standard InChI is InChI=1S/C12H28N4O2/c1-11(17-13(3)4)15-7-9-16(10-8-15)12(2)18-14(5)6/h11-12H,7-10H2,1-6H3. The van der Waals surface area contributed by atoms with Crippen LogP contribution in [-0.2, 0) is 9.68 Å². The van der Waals surface area contributed by atoms with Crippen molar-refractivity contribution in [3.8, 4) is 0 Å². The lowest BCUT2D eigenvalue weighted by molar-refractivity contribution is -0.231. The van der Waals surface area contributed by atoms with E-state index in [4.69, 9.17) is 9.68 Å². The molecule has 0 spiro atoms. The van der Waals surface area contributed by atoms with Crippen molar-refractivity contribution in [3.05, 3.63) is 0 Å². The zero-order valence-electron chi connectivity index (χ0n) is 12.6. The molecule has 6 heteroatoms. The molecule has 1 aliphatic rings. The Labute approximate surface area is 111 Å². The van der Waals surface area contributed by atoms with Crippen LogP contribution in [0.3, 0.4) is 0 Å². The van der Waals surface area contributed by atoms with Crippen LogP contribution >= 0.6 is 0 Å². The molecular formula is C12H28N4O2. The van der Waals surface area contributed by atoms with Crippen molar-refractivity contribution in [2.75, 3.05) is 54.4 Å². The third kappa shape index (κ3) is 5.17. The summed E-state index contributed by atoms with van der Waals surface area (Å²) in [5, 5.41) is 3.52. The average Bonchev–Trinajstić information content (AvgIpc) is 2.27. The molecule has 2 atom stereocenters. The highest BCUT2D eigenvalue weighted by molar-refractivity contribution is 4.73. The smallest absolute Gasteiger partial charge is 0.129 e. The largest absolute Gasteiger partial charge is 0.281 e. The van der Waals surface area contributed by atoms with Gasteiger partial charge in [-0.05, 0) is 13.8 Å². The molecule has 0 saturated carbocycles. The topological polar surface area (TPSA) is 31.4 Å². The third-order valence-electron chi connectivity index (χ3n) is 3.10. The van der Waals surface area contributed by atoms with Crippen molar-refractivity contribution >= 4 is 0 Å². The third-order valence-corrected chi connectivity index (χ3v) is 3.10. The molecule has 1 saturated heterocycles. The van der Waals surface area contributed by atoms with E-state index in [1.165, 1.54) is 0 Å². The molecule has 18 heavy (non-hydrogen) atoms. The van der Waals surface area contributed by atoms with Gasteiger partial charge in [0.1, 0.15) is 12.5 Å². The molecule has 0 radical (unpaired) electrons. The molecule has 0 aliphatic carbocycles. The molecule has 108 valence electrons. The minimum Gasteiger partial charge on any atom is -0.281 e. The first kappa shape index (κ1) is 15.8. The lowest BCUT2D eigenvalue weighted by Gasteiger charge is -2.40. The molecule has 0 aromatic carbocycles. The molecule has 0 bridgehead atoms. The Hall–Kier alpha value is -0.240. The summed E-state index contributed by atoms with van der Waals surface area (Å²) in [6.07, 6.45) is 0.263. The zero-order valence-corrected chi connectivity index (χ0v) is 12.6. The van der Waals surface area contributed by atoms with Gasteiger partial charge in [-0.15, -0.1) is 0 Å². The second-order valence-electron chi connectivity index (χ2n) is 5.11. The Morgan fingerprint density at radius 2 is 1.00 bits per heavy atom. The van der Waals surface area contributed by atoms with E-state index in [9.17, 15) is 0 Å². The van der Waals surface area contributed by atoms with Gasteiger partial charge >= 0.3 is 0 Å². The van der Waals surface area contributed by atoms with E-state index < -0.39 is 0 Å². The van der Waals surface area contributed by atoms with E-state index in [-0.39, 0.29) is 12.5 Å². The van der Waals surface area contributed by atoms with E-state index in [2.05, 4.69) is 23.6 Å². The van der Waals surface area contributed by atoms with Gasteiger partial charge in [0.15, 0.2) is 0 Å². The SMILES string of the molecule is CC(ON(C)C)N1CCN(C(C)ON(C)C)CC1. The van der Waals surface area contributed by atoms with Crippen molar-refractivity contribution in [2.45, 2.75) is 26.3 Å². The summed E-state index contributed by atoms with van der Waals surface area (Å²) in [4.78, 5) is 16.0.